The van der Waals surface area contributed by atoms with Crippen molar-refractivity contribution >= 4 is 0 Å². The maximum Gasteiger partial charge on any atom is 0.123 e. The van der Waals surface area contributed by atoms with Gasteiger partial charge in [-0.1, -0.05) is 0 Å². The molecule has 1 aromatic heterocycles. The molecule has 3 rings (SSSR count). The molecule has 0 atom stereocenters. The van der Waals surface area contributed by atoms with E-state index in [0.717, 1.165) is 25.6 Å². The molecule has 1 fully saturated rings. The lowest BCUT2D eigenvalue weighted by molar-refractivity contribution is 0.100. The molecule has 3 nitrogen and oxygen atoms in total. The Morgan fingerprint density at radius 3 is 2.62 bits per heavy atom. The molecular formula is C13H21N3. The van der Waals surface area contributed by atoms with Crippen molar-refractivity contribution in [3.63, 3.8) is 0 Å². The van der Waals surface area contributed by atoms with Crippen molar-refractivity contribution in [2.24, 2.45) is 0 Å². The predicted molar refractivity (Wildman–Crippen MR) is 64.4 cm³/mol. The van der Waals surface area contributed by atoms with Crippen molar-refractivity contribution < 1.29 is 0 Å². The van der Waals surface area contributed by atoms with E-state index < -0.39 is 0 Å². The molecule has 3 heteroatoms. The Kier molecular flexibility index (Phi) is 2.15. The van der Waals surface area contributed by atoms with Crippen molar-refractivity contribution in [2.45, 2.75) is 58.2 Å². The van der Waals surface area contributed by atoms with Crippen LogP contribution in [0.2, 0.25) is 0 Å². The first-order chi connectivity index (χ1) is 7.54. The molecule has 88 valence electrons. The average Bonchev–Trinajstić information content (AvgIpc) is 2.96. The maximum absolute atomic E-state index is 4.80. The van der Waals surface area contributed by atoms with Gasteiger partial charge >= 0.3 is 0 Å². The van der Waals surface area contributed by atoms with Gasteiger partial charge in [-0.2, -0.15) is 0 Å². The van der Waals surface area contributed by atoms with Crippen LogP contribution in [0.3, 0.4) is 0 Å². The van der Waals surface area contributed by atoms with Crippen LogP contribution in [-0.4, -0.2) is 26.5 Å². The molecule has 0 amide bonds. The largest absolute Gasteiger partial charge is 0.332 e. The zero-order valence-electron chi connectivity index (χ0n) is 10.5. The van der Waals surface area contributed by atoms with E-state index in [9.17, 15) is 0 Å². The van der Waals surface area contributed by atoms with E-state index in [-0.39, 0.29) is 5.54 Å². The van der Waals surface area contributed by atoms with Crippen molar-refractivity contribution in [3.05, 3.63) is 17.7 Å². The van der Waals surface area contributed by atoms with E-state index in [4.69, 9.17) is 4.98 Å². The third-order valence-corrected chi connectivity index (χ3v) is 3.77. The van der Waals surface area contributed by atoms with Crippen LogP contribution in [-0.2, 0) is 13.1 Å². The van der Waals surface area contributed by atoms with Crippen molar-refractivity contribution in [3.8, 4) is 0 Å². The van der Waals surface area contributed by atoms with Gasteiger partial charge in [0, 0.05) is 30.7 Å². The fourth-order valence-corrected chi connectivity index (χ4v) is 2.42. The van der Waals surface area contributed by atoms with Gasteiger partial charge in [-0.3, -0.25) is 4.90 Å². The molecular weight excluding hydrogens is 198 g/mol. The van der Waals surface area contributed by atoms with Gasteiger partial charge < -0.3 is 4.57 Å². The van der Waals surface area contributed by atoms with Gasteiger partial charge in [-0.05, 0) is 33.6 Å². The number of hydrogen-bond acceptors (Lipinski definition) is 2. The summed E-state index contributed by atoms with van der Waals surface area (Å²) in [6.45, 7) is 10.1. The van der Waals surface area contributed by atoms with Crippen LogP contribution in [0, 0.1) is 0 Å². The number of hydrogen-bond donors (Lipinski definition) is 0. The smallest absolute Gasteiger partial charge is 0.123 e. The van der Waals surface area contributed by atoms with Crippen LogP contribution >= 0.6 is 0 Å². The SMILES string of the molecule is CC(C)(C)N1CCn2cc(C3CC3)nc2C1. The van der Waals surface area contributed by atoms with E-state index in [2.05, 4.69) is 36.4 Å². The summed E-state index contributed by atoms with van der Waals surface area (Å²) in [7, 11) is 0. The van der Waals surface area contributed by atoms with Gasteiger partial charge in [-0.15, -0.1) is 0 Å². The zero-order valence-corrected chi connectivity index (χ0v) is 10.5. The number of rotatable bonds is 1. The number of aromatic nitrogens is 2. The Bertz CT molecular complexity index is 396. The second kappa shape index (κ2) is 3.33. The van der Waals surface area contributed by atoms with E-state index in [0.29, 0.717) is 0 Å². The average molecular weight is 219 g/mol. The Labute approximate surface area is 97.5 Å². The molecule has 2 heterocycles. The Hall–Kier alpha value is -0.830. The normalized spacial score (nSPS) is 22.2. The van der Waals surface area contributed by atoms with Gasteiger partial charge in [0.05, 0.1) is 12.2 Å². The Morgan fingerprint density at radius 2 is 2.00 bits per heavy atom. The molecule has 0 bridgehead atoms. The first-order valence-corrected chi connectivity index (χ1v) is 6.35. The summed E-state index contributed by atoms with van der Waals surface area (Å²) in [4.78, 5) is 7.32. The molecule has 1 aliphatic heterocycles. The molecule has 1 aliphatic carbocycles. The third kappa shape index (κ3) is 1.77. The summed E-state index contributed by atoms with van der Waals surface area (Å²) >= 11 is 0. The number of imidazole rings is 1. The monoisotopic (exact) mass is 219 g/mol. The summed E-state index contributed by atoms with van der Waals surface area (Å²) in [6.07, 6.45) is 4.98. The molecule has 1 aromatic rings. The molecule has 2 aliphatic rings. The summed E-state index contributed by atoms with van der Waals surface area (Å²) in [5.74, 6) is 2.05. The second-order valence-corrected chi connectivity index (χ2v) is 6.14. The fraction of sp³-hybridized carbons (Fsp3) is 0.769. The van der Waals surface area contributed by atoms with Crippen LogP contribution in [0.15, 0.2) is 6.20 Å². The fourth-order valence-electron chi connectivity index (χ4n) is 2.42. The minimum Gasteiger partial charge on any atom is -0.332 e. The van der Waals surface area contributed by atoms with Crippen LogP contribution in [0.1, 0.15) is 51.0 Å². The zero-order chi connectivity index (χ0) is 11.3. The van der Waals surface area contributed by atoms with E-state index in [1.165, 1.54) is 24.4 Å². The van der Waals surface area contributed by atoms with Gasteiger partial charge in [0.25, 0.3) is 0 Å². The van der Waals surface area contributed by atoms with Crippen LogP contribution in [0.25, 0.3) is 0 Å². The first kappa shape index (κ1) is 10.3. The molecule has 0 spiro atoms. The molecule has 0 unspecified atom stereocenters. The number of nitrogens with zero attached hydrogens (tertiary/aromatic N) is 3. The highest BCUT2D eigenvalue weighted by Gasteiger charge is 2.30. The van der Waals surface area contributed by atoms with Gasteiger partial charge in [0.1, 0.15) is 5.82 Å². The van der Waals surface area contributed by atoms with Gasteiger partial charge in [0.2, 0.25) is 0 Å². The Morgan fingerprint density at radius 1 is 1.25 bits per heavy atom. The summed E-state index contributed by atoms with van der Waals surface area (Å²) in [5, 5.41) is 0. The minimum absolute atomic E-state index is 0.261. The molecule has 0 N–H and O–H groups in total. The lowest BCUT2D eigenvalue weighted by Crippen LogP contribution is -2.45. The summed E-state index contributed by atoms with van der Waals surface area (Å²) < 4.78 is 2.36. The quantitative estimate of drug-likeness (QED) is 0.723. The van der Waals surface area contributed by atoms with Crippen LogP contribution in [0.4, 0.5) is 0 Å². The lowest BCUT2D eigenvalue weighted by atomic mass is 10.1. The van der Waals surface area contributed by atoms with Gasteiger partial charge in [-0.25, -0.2) is 4.98 Å². The first-order valence-electron chi connectivity index (χ1n) is 6.35. The highest BCUT2D eigenvalue weighted by molar-refractivity contribution is 5.16. The highest BCUT2D eigenvalue weighted by atomic mass is 15.3. The highest BCUT2D eigenvalue weighted by Crippen LogP contribution is 2.39. The van der Waals surface area contributed by atoms with Crippen LogP contribution in [0.5, 0.6) is 0 Å². The van der Waals surface area contributed by atoms with E-state index in [1.54, 1.807) is 0 Å². The molecule has 0 saturated heterocycles. The summed E-state index contributed by atoms with van der Waals surface area (Å²) in [6, 6.07) is 0. The molecule has 1 saturated carbocycles. The van der Waals surface area contributed by atoms with Crippen molar-refractivity contribution in [1.82, 2.24) is 14.5 Å². The molecule has 0 aromatic carbocycles. The second-order valence-electron chi connectivity index (χ2n) is 6.14. The van der Waals surface area contributed by atoms with Gasteiger partial charge in [0.15, 0.2) is 0 Å². The topological polar surface area (TPSA) is 21.1 Å². The predicted octanol–water partition coefficient (Wildman–Crippen LogP) is 2.37. The Balaban J connectivity index is 1.82. The molecule has 0 radical (unpaired) electrons. The van der Waals surface area contributed by atoms with E-state index in [1.807, 2.05) is 0 Å². The number of fused-ring (bicyclic) bond motifs is 1. The van der Waals surface area contributed by atoms with Crippen molar-refractivity contribution in [2.75, 3.05) is 6.54 Å². The lowest BCUT2D eigenvalue weighted by Gasteiger charge is -2.38. The summed E-state index contributed by atoms with van der Waals surface area (Å²) in [5.41, 5.74) is 1.60. The third-order valence-electron chi connectivity index (χ3n) is 3.77. The van der Waals surface area contributed by atoms with Crippen molar-refractivity contribution in [1.29, 1.82) is 0 Å². The molecule has 16 heavy (non-hydrogen) atoms. The standard InChI is InChI=1S/C13H21N3/c1-13(2,3)16-7-6-15-8-11(10-4-5-10)14-12(15)9-16/h8,10H,4-7,9H2,1-3H3. The minimum atomic E-state index is 0.261. The van der Waals surface area contributed by atoms with Crippen LogP contribution < -0.4 is 0 Å². The van der Waals surface area contributed by atoms with E-state index >= 15 is 0 Å². The maximum atomic E-state index is 4.80.